The van der Waals surface area contributed by atoms with E-state index in [0.717, 1.165) is 56.1 Å². The van der Waals surface area contributed by atoms with E-state index in [1.807, 2.05) is 36.4 Å². The highest BCUT2D eigenvalue weighted by atomic mass is 15.2. The zero-order valence-corrected chi connectivity index (χ0v) is 22.4. The summed E-state index contributed by atoms with van der Waals surface area (Å²) in [7, 11) is 0. The van der Waals surface area contributed by atoms with Gasteiger partial charge in [-0.25, -0.2) is 4.98 Å². The third-order valence-corrected chi connectivity index (χ3v) is 7.34. The molecule has 0 spiro atoms. The van der Waals surface area contributed by atoms with Crippen molar-refractivity contribution in [3.8, 4) is 12.1 Å². The summed E-state index contributed by atoms with van der Waals surface area (Å²) >= 11 is 0. The first kappa shape index (κ1) is 26.7. The van der Waals surface area contributed by atoms with Gasteiger partial charge >= 0.3 is 0 Å². The molecule has 40 heavy (non-hydrogen) atoms. The van der Waals surface area contributed by atoms with Crippen molar-refractivity contribution in [1.29, 1.82) is 10.5 Å². The Hall–Kier alpha value is -4.85. The summed E-state index contributed by atoms with van der Waals surface area (Å²) in [5.41, 5.74) is 5.65. The molecule has 0 amide bonds. The number of nitrogens with one attached hydrogen (secondary N) is 3. The van der Waals surface area contributed by atoms with Gasteiger partial charge in [-0.2, -0.15) is 10.5 Å². The molecule has 3 N–H and O–H groups in total. The van der Waals surface area contributed by atoms with Crippen LogP contribution in [0.4, 0.5) is 22.9 Å². The van der Waals surface area contributed by atoms with Gasteiger partial charge in [0.1, 0.15) is 11.9 Å². The van der Waals surface area contributed by atoms with E-state index in [4.69, 9.17) is 10.5 Å². The van der Waals surface area contributed by atoms with Gasteiger partial charge in [0.25, 0.3) is 0 Å². The monoisotopic (exact) mass is 527 g/mol. The second kappa shape index (κ2) is 13.3. The number of aromatic nitrogens is 1. The zero-order chi connectivity index (χ0) is 27.6. The maximum absolute atomic E-state index is 9.04. The SMILES string of the molecule is N#Cc1ccc(Nc2ccc(N(CNCc3ccccc3)C3CCC(Nc4ccc(C#N)cn4)CC3)cc2)cc1. The Balaban J connectivity index is 1.23. The first-order valence-corrected chi connectivity index (χ1v) is 13.7. The Morgan fingerprint density at radius 2 is 1.40 bits per heavy atom. The van der Waals surface area contributed by atoms with Gasteiger partial charge in [-0.05, 0) is 91.9 Å². The van der Waals surface area contributed by atoms with Crippen LogP contribution in [0, 0.1) is 22.7 Å². The maximum Gasteiger partial charge on any atom is 0.126 e. The standard InChI is InChI=1S/C33H33N7/c34-20-25-6-9-28(10-7-25)38-29-11-15-31(16-12-29)40(24-36-22-26-4-2-1-3-5-26)32-17-13-30(14-18-32)39-33-19-8-27(21-35)23-37-33/h1-12,15-16,19,23,30,32,36,38H,13-14,17-18,22,24H2,(H,37,39). The number of benzene rings is 3. The minimum Gasteiger partial charge on any atom is -0.367 e. The molecule has 0 atom stereocenters. The van der Waals surface area contributed by atoms with Gasteiger partial charge in [-0.3, -0.25) is 5.32 Å². The molecule has 7 nitrogen and oxygen atoms in total. The van der Waals surface area contributed by atoms with Crippen LogP contribution in [0.3, 0.4) is 0 Å². The van der Waals surface area contributed by atoms with Crippen LogP contribution in [-0.2, 0) is 6.54 Å². The normalized spacial score (nSPS) is 16.4. The molecular weight excluding hydrogens is 494 g/mol. The lowest BCUT2D eigenvalue weighted by Gasteiger charge is -2.39. The lowest BCUT2D eigenvalue weighted by molar-refractivity contribution is 0.382. The van der Waals surface area contributed by atoms with Gasteiger partial charge in [0.2, 0.25) is 0 Å². The highest BCUT2D eigenvalue weighted by molar-refractivity contribution is 5.63. The smallest absolute Gasteiger partial charge is 0.126 e. The van der Waals surface area contributed by atoms with Crippen LogP contribution in [-0.4, -0.2) is 23.7 Å². The number of nitrogens with zero attached hydrogens (tertiary/aromatic N) is 4. The highest BCUT2D eigenvalue weighted by Crippen LogP contribution is 2.30. The van der Waals surface area contributed by atoms with Crippen LogP contribution < -0.4 is 20.9 Å². The largest absolute Gasteiger partial charge is 0.367 e. The van der Waals surface area contributed by atoms with E-state index in [9.17, 15) is 0 Å². The first-order valence-electron chi connectivity index (χ1n) is 13.7. The van der Waals surface area contributed by atoms with Gasteiger partial charge in [0.05, 0.1) is 23.9 Å². The second-order valence-electron chi connectivity index (χ2n) is 10.1. The second-order valence-corrected chi connectivity index (χ2v) is 10.1. The zero-order valence-electron chi connectivity index (χ0n) is 22.4. The third kappa shape index (κ3) is 7.17. The summed E-state index contributed by atoms with van der Waals surface area (Å²) in [5.74, 6) is 0.828. The fraction of sp³-hybridized carbons (Fsp3) is 0.242. The molecule has 4 aromatic rings. The highest BCUT2D eigenvalue weighted by Gasteiger charge is 2.26. The number of rotatable bonds is 10. The minimum atomic E-state index is 0.370. The van der Waals surface area contributed by atoms with E-state index in [-0.39, 0.29) is 0 Å². The van der Waals surface area contributed by atoms with Crippen LogP contribution in [0.25, 0.3) is 0 Å². The van der Waals surface area contributed by atoms with Crippen molar-refractivity contribution >= 4 is 22.9 Å². The molecule has 0 unspecified atom stereocenters. The summed E-state index contributed by atoms with van der Waals surface area (Å²) in [6.45, 7) is 1.58. The molecule has 0 radical (unpaired) electrons. The van der Waals surface area contributed by atoms with Crippen molar-refractivity contribution < 1.29 is 0 Å². The maximum atomic E-state index is 9.04. The van der Waals surface area contributed by atoms with Crippen molar-refractivity contribution in [2.24, 2.45) is 0 Å². The van der Waals surface area contributed by atoms with Gasteiger partial charge in [-0.1, -0.05) is 30.3 Å². The lowest BCUT2D eigenvalue weighted by Crippen LogP contribution is -2.45. The van der Waals surface area contributed by atoms with Crippen molar-refractivity contribution in [3.63, 3.8) is 0 Å². The molecule has 1 aliphatic carbocycles. The molecule has 7 heteroatoms. The number of hydrogen-bond donors (Lipinski definition) is 3. The summed E-state index contributed by atoms with van der Waals surface area (Å²) in [6.07, 6.45) is 5.88. The molecule has 1 aliphatic rings. The van der Waals surface area contributed by atoms with E-state index >= 15 is 0 Å². The molecule has 0 aliphatic heterocycles. The van der Waals surface area contributed by atoms with Crippen LogP contribution in [0.1, 0.15) is 42.4 Å². The molecular formula is C33H33N7. The number of hydrogen-bond acceptors (Lipinski definition) is 7. The lowest BCUT2D eigenvalue weighted by atomic mass is 9.90. The Morgan fingerprint density at radius 1 is 0.750 bits per heavy atom. The van der Waals surface area contributed by atoms with Gasteiger partial charge in [0, 0.05) is 41.9 Å². The number of anilines is 4. The molecule has 5 rings (SSSR count). The first-order chi connectivity index (χ1) is 19.7. The molecule has 1 fully saturated rings. The Bertz CT molecular complexity index is 1430. The average molecular weight is 528 g/mol. The van der Waals surface area contributed by atoms with Crippen molar-refractivity contribution in [3.05, 3.63) is 114 Å². The van der Waals surface area contributed by atoms with Crippen LogP contribution in [0.15, 0.2) is 97.2 Å². The quantitative estimate of drug-likeness (QED) is 0.201. The molecule has 0 saturated heterocycles. The van der Waals surface area contributed by atoms with E-state index in [1.165, 1.54) is 11.3 Å². The molecule has 1 saturated carbocycles. The predicted octanol–water partition coefficient (Wildman–Crippen LogP) is 6.55. The third-order valence-electron chi connectivity index (χ3n) is 7.34. The fourth-order valence-electron chi connectivity index (χ4n) is 5.17. The topological polar surface area (TPSA) is 99.8 Å². The Morgan fingerprint density at radius 3 is 2.02 bits per heavy atom. The van der Waals surface area contributed by atoms with Gasteiger partial charge in [0.15, 0.2) is 0 Å². The van der Waals surface area contributed by atoms with Gasteiger partial charge < -0.3 is 15.5 Å². The van der Waals surface area contributed by atoms with Crippen molar-refractivity contribution in [2.75, 3.05) is 22.2 Å². The van der Waals surface area contributed by atoms with Crippen molar-refractivity contribution in [1.82, 2.24) is 10.3 Å². The predicted molar refractivity (Wildman–Crippen MR) is 160 cm³/mol. The number of pyridine rings is 1. The Labute approximate surface area is 236 Å². The minimum absolute atomic E-state index is 0.370. The average Bonchev–Trinajstić information content (AvgIpc) is 3.02. The molecule has 0 bridgehead atoms. The van der Waals surface area contributed by atoms with E-state index in [1.54, 1.807) is 12.3 Å². The van der Waals surface area contributed by atoms with Crippen LogP contribution in [0.5, 0.6) is 0 Å². The summed E-state index contributed by atoms with van der Waals surface area (Å²) in [4.78, 5) is 6.88. The summed E-state index contributed by atoms with van der Waals surface area (Å²) < 4.78 is 0. The van der Waals surface area contributed by atoms with Crippen LogP contribution >= 0.6 is 0 Å². The summed E-state index contributed by atoms with van der Waals surface area (Å²) in [6, 6.07) is 35.3. The summed E-state index contributed by atoms with van der Waals surface area (Å²) in [5, 5.41) is 28.7. The van der Waals surface area contributed by atoms with Crippen LogP contribution in [0.2, 0.25) is 0 Å². The van der Waals surface area contributed by atoms with Crippen molar-refractivity contribution in [2.45, 2.75) is 44.3 Å². The number of nitriles is 2. The van der Waals surface area contributed by atoms with E-state index in [2.05, 4.69) is 86.5 Å². The molecule has 3 aromatic carbocycles. The molecule has 200 valence electrons. The fourth-order valence-corrected chi connectivity index (χ4v) is 5.17. The van der Waals surface area contributed by atoms with E-state index in [0.29, 0.717) is 23.2 Å². The molecule has 1 heterocycles. The molecule has 1 aromatic heterocycles. The van der Waals surface area contributed by atoms with E-state index < -0.39 is 0 Å². The Kier molecular flexibility index (Phi) is 8.88. The van der Waals surface area contributed by atoms with Gasteiger partial charge in [-0.15, -0.1) is 0 Å².